The molecule has 0 spiro atoms. The van der Waals surface area contributed by atoms with Crippen molar-refractivity contribution in [3.63, 3.8) is 0 Å². The molecule has 0 bridgehead atoms. The van der Waals surface area contributed by atoms with Crippen LogP contribution < -0.4 is 10.2 Å². The lowest BCUT2D eigenvalue weighted by Gasteiger charge is -2.33. The van der Waals surface area contributed by atoms with E-state index >= 15 is 0 Å². The van der Waals surface area contributed by atoms with Gasteiger partial charge in [-0.3, -0.25) is 4.79 Å². The van der Waals surface area contributed by atoms with E-state index in [0.29, 0.717) is 37.8 Å². The van der Waals surface area contributed by atoms with Gasteiger partial charge in [0.1, 0.15) is 5.82 Å². The Hall–Kier alpha value is -2.48. The number of hydrogen-bond donors (Lipinski definition) is 1. The van der Waals surface area contributed by atoms with Crippen molar-refractivity contribution in [2.45, 2.75) is 26.2 Å². The van der Waals surface area contributed by atoms with Crippen molar-refractivity contribution in [2.24, 2.45) is 5.92 Å². The molecule has 0 saturated carbocycles. The summed E-state index contributed by atoms with van der Waals surface area (Å²) in [5.41, 5.74) is 0.830. The maximum atomic E-state index is 12.4. The van der Waals surface area contributed by atoms with Crippen LogP contribution in [0.1, 0.15) is 25.7 Å². The van der Waals surface area contributed by atoms with Crippen molar-refractivity contribution in [3.8, 4) is 11.4 Å². The van der Waals surface area contributed by atoms with Crippen LogP contribution in [0, 0.1) is 5.92 Å². The van der Waals surface area contributed by atoms with Crippen LogP contribution in [-0.2, 0) is 16.0 Å². The first-order valence-electron chi connectivity index (χ1n) is 9.02. The second-order valence-corrected chi connectivity index (χ2v) is 6.31. The Labute approximate surface area is 152 Å². The molecule has 1 fully saturated rings. The molecule has 8 nitrogen and oxygen atoms in total. The number of piperidine rings is 1. The molecule has 1 unspecified atom stereocenters. The highest BCUT2D eigenvalue weighted by Gasteiger charge is 2.28. The first-order valence-corrected chi connectivity index (χ1v) is 9.02. The van der Waals surface area contributed by atoms with Crippen LogP contribution >= 0.6 is 0 Å². The molecule has 8 heteroatoms. The maximum absolute atomic E-state index is 12.4. The lowest BCUT2D eigenvalue weighted by Crippen LogP contribution is -2.44. The number of aromatic nitrogens is 3. The molecule has 140 valence electrons. The van der Waals surface area contributed by atoms with Gasteiger partial charge in [-0.2, -0.15) is 4.98 Å². The standard InChI is InChI=1S/C18H25N5O3/c1-3-15-21-16(22-26-15)14-7-4-8-19-17(14)23-10-5-6-13(12-23)18(24)20-9-11-25-2/h4,7-8,13H,3,5-6,9-12H2,1-2H3,(H,20,24). The molecule has 2 aromatic rings. The maximum Gasteiger partial charge on any atom is 0.226 e. The average Bonchev–Trinajstić information content (AvgIpc) is 3.17. The molecule has 1 amide bonds. The molecule has 1 N–H and O–H groups in total. The summed E-state index contributed by atoms with van der Waals surface area (Å²) >= 11 is 0. The van der Waals surface area contributed by atoms with Crippen LogP contribution in [-0.4, -0.2) is 54.4 Å². The summed E-state index contributed by atoms with van der Waals surface area (Å²) in [5.74, 6) is 1.94. The number of carbonyl (C=O) groups is 1. The molecule has 1 saturated heterocycles. The van der Waals surface area contributed by atoms with E-state index in [4.69, 9.17) is 9.26 Å². The summed E-state index contributed by atoms with van der Waals surface area (Å²) in [6.45, 7) is 4.50. The third-order valence-electron chi connectivity index (χ3n) is 4.50. The number of aryl methyl sites for hydroxylation is 1. The van der Waals surface area contributed by atoms with Gasteiger partial charge in [0.15, 0.2) is 0 Å². The summed E-state index contributed by atoms with van der Waals surface area (Å²) in [5, 5.41) is 7.00. The number of anilines is 1. The Morgan fingerprint density at radius 2 is 2.38 bits per heavy atom. The molecule has 26 heavy (non-hydrogen) atoms. The van der Waals surface area contributed by atoms with Gasteiger partial charge in [0, 0.05) is 39.4 Å². The van der Waals surface area contributed by atoms with Crippen molar-refractivity contribution >= 4 is 11.7 Å². The first kappa shape index (κ1) is 18.3. The van der Waals surface area contributed by atoms with Gasteiger partial charge >= 0.3 is 0 Å². The number of rotatable bonds is 7. The zero-order valence-corrected chi connectivity index (χ0v) is 15.3. The lowest BCUT2D eigenvalue weighted by molar-refractivity contribution is -0.125. The van der Waals surface area contributed by atoms with E-state index in [1.165, 1.54) is 0 Å². The molecule has 3 rings (SSSR count). The van der Waals surface area contributed by atoms with E-state index in [-0.39, 0.29) is 11.8 Å². The predicted octanol–water partition coefficient (Wildman–Crippen LogP) is 1.67. The predicted molar refractivity (Wildman–Crippen MR) is 96.7 cm³/mol. The highest BCUT2D eigenvalue weighted by atomic mass is 16.5. The third kappa shape index (κ3) is 4.19. The Kier molecular flexibility index (Phi) is 6.17. The number of hydrogen-bond acceptors (Lipinski definition) is 7. The van der Waals surface area contributed by atoms with Crippen LogP contribution in [0.4, 0.5) is 5.82 Å². The topological polar surface area (TPSA) is 93.4 Å². The summed E-state index contributed by atoms with van der Waals surface area (Å²) in [6, 6.07) is 3.80. The van der Waals surface area contributed by atoms with Gasteiger partial charge in [-0.05, 0) is 25.0 Å². The Morgan fingerprint density at radius 3 is 3.15 bits per heavy atom. The molecule has 0 radical (unpaired) electrons. The third-order valence-corrected chi connectivity index (χ3v) is 4.50. The number of pyridine rings is 1. The molecule has 0 aliphatic carbocycles. The van der Waals surface area contributed by atoms with E-state index < -0.39 is 0 Å². The van der Waals surface area contributed by atoms with Crippen LogP contribution in [0.15, 0.2) is 22.9 Å². The molecule has 1 atom stereocenters. The second-order valence-electron chi connectivity index (χ2n) is 6.31. The summed E-state index contributed by atoms with van der Waals surface area (Å²) in [4.78, 5) is 23.5. The fourth-order valence-electron chi connectivity index (χ4n) is 3.14. The van der Waals surface area contributed by atoms with Gasteiger partial charge in [0.2, 0.25) is 17.6 Å². The molecular weight excluding hydrogens is 334 g/mol. The fourth-order valence-corrected chi connectivity index (χ4v) is 3.14. The summed E-state index contributed by atoms with van der Waals surface area (Å²) in [7, 11) is 1.62. The van der Waals surface area contributed by atoms with Gasteiger partial charge in [-0.15, -0.1) is 0 Å². The largest absolute Gasteiger partial charge is 0.383 e. The number of ether oxygens (including phenoxy) is 1. The number of nitrogens with one attached hydrogen (secondary N) is 1. The van der Waals surface area contributed by atoms with Crippen LogP contribution in [0.2, 0.25) is 0 Å². The first-order chi connectivity index (χ1) is 12.7. The Bertz CT molecular complexity index is 733. The number of amides is 1. The highest BCUT2D eigenvalue weighted by molar-refractivity contribution is 5.80. The molecule has 0 aromatic carbocycles. The van der Waals surface area contributed by atoms with Crippen molar-refractivity contribution < 1.29 is 14.1 Å². The van der Waals surface area contributed by atoms with E-state index in [0.717, 1.165) is 30.8 Å². The van der Waals surface area contributed by atoms with Gasteiger partial charge in [0.25, 0.3) is 0 Å². The number of methoxy groups -OCH3 is 1. The quantitative estimate of drug-likeness (QED) is 0.752. The summed E-state index contributed by atoms with van der Waals surface area (Å²) < 4.78 is 10.2. The average molecular weight is 359 g/mol. The monoisotopic (exact) mass is 359 g/mol. The normalized spacial score (nSPS) is 17.3. The van der Waals surface area contributed by atoms with Crippen LogP contribution in [0.3, 0.4) is 0 Å². The van der Waals surface area contributed by atoms with Gasteiger partial charge < -0.3 is 19.5 Å². The highest BCUT2D eigenvalue weighted by Crippen LogP contribution is 2.30. The van der Waals surface area contributed by atoms with Crippen molar-refractivity contribution in [1.82, 2.24) is 20.4 Å². The van der Waals surface area contributed by atoms with Gasteiger partial charge in [-0.1, -0.05) is 12.1 Å². The number of carbonyl (C=O) groups excluding carboxylic acids is 1. The minimum atomic E-state index is -0.0630. The molecule has 1 aliphatic rings. The van der Waals surface area contributed by atoms with E-state index in [1.54, 1.807) is 13.3 Å². The van der Waals surface area contributed by atoms with E-state index in [1.807, 2.05) is 19.1 Å². The number of nitrogens with zero attached hydrogens (tertiary/aromatic N) is 4. The Balaban J connectivity index is 1.75. The minimum Gasteiger partial charge on any atom is -0.383 e. The smallest absolute Gasteiger partial charge is 0.226 e. The fraction of sp³-hybridized carbons (Fsp3) is 0.556. The zero-order valence-electron chi connectivity index (χ0n) is 15.3. The van der Waals surface area contributed by atoms with Crippen LogP contribution in [0.25, 0.3) is 11.4 Å². The van der Waals surface area contributed by atoms with Gasteiger partial charge in [-0.25, -0.2) is 4.98 Å². The van der Waals surface area contributed by atoms with Crippen LogP contribution in [0.5, 0.6) is 0 Å². The minimum absolute atomic E-state index is 0.0630. The van der Waals surface area contributed by atoms with E-state index in [9.17, 15) is 4.79 Å². The second kappa shape index (κ2) is 8.75. The van der Waals surface area contributed by atoms with E-state index in [2.05, 4.69) is 25.3 Å². The lowest BCUT2D eigenvalue weighted by atomic mass is 9.96. The molecule has 2 aromatic heterocycles. The van der Waals surface area contributed by atoms with Crippen molar-refractivity contribution in [1.29, 1.82) is 0 Å². The van der Waals surface area contributed by atoms with Crippen molar-refractivity contribution in [3.05, 3.63) is 24.2 Å². The molecular formula is C18H25N5O3. The van der Waals surface area contributed by atoms with Gasteiger partial charge in [0.05, 0.1) is 18.1 Å². The molecule has 3 heterocycles. The Morgan fingerprint density at radius 1 is 1.50 bits per heavy atom. The van der Waals surface area contributed by atoms with Crippen molar-refractivity contribution in [2.75, 3.05) is 38.3 Å². The zero-order chi connectivity index (χ0) is 18.4. The molecule has 1 aliphatic heterocycles. The summed E-state index contributed by atoms with van der Waals surface area (Å²) in [6.07, 6.45) is 4.25. The SMILES string of the molecule is CCc1nc(-c2cccnc2N2CCCC(C(=O)NCCOC)C2)no1.